The van der Waals surface area contributed by atoms with Crippen LogP contribution in [0.15, 0.2) is 0 Å². The van der Waals surface area contributed by atoms with E-state index in [9.17, 15) is 9.59 Å². The largest absolute Gasteiger partial charge is 0.444 e. The third-order valence-corrected chi connectivity index (χ3v) is 3.67. The second kappa shape index (κ2) is 6.67. The van der Waals surface area contributed by atoms with Gasteiger partial charge in [-0.05, 0) is 27.2 Å². The van der Waals surface area contributed by atoms with E-state index in [-0.39, 0.29) is 17.4 Å². The highest BCUT2D eigenvalue weighted by atomic mass is 16.6. The van der Waals surface area contributed by atoms with Crippen molar-refractivity contribution in [3.63, 3.8) is 0 Å². The van der Waals surface area contributed by atoms with Gasteiger partial charge in [0.15, 0.2) is 0 Å². The fraction of sp³-hybridized carbons (Fsp3) is 0.875. The van der Waals surface area contributed by atoms with Gasteiger partial charge in [0.2, 0.25) is 5.91 Å². The third kappa shape index (κ3) is 5.21. The minimum Gasteiger partial charge on any atom is -0.444 e. The zero-order valence-corrected chi connectivity index (χ0v) is 14.4. The van der Waals surface area contributed by atoms with Crippen molar-refractivity contribution in [2.24, 2.45) is 5.41 Å². The van der Waals surface area contributed by atoms with Crippen LogP contribution in [-0.2, 0) is 9.53 Å². The molecule has 0 aromatic rings. The van der Waals surface area contributed by atoms with Gasteiger partial charge in [-0.1, -0.05) is 27.2 Å². The highest BCUT2D eigenvalue weighted by molar-refractivity contribution is 5.82. The monoisotopic (exact) mass is 298 g/mol. The Balaban J connectivity index is 2.52. The van der Waals surface area contributed by atoms with E-state index in [4.69, 9.17) is 4.74 Å². The van der Waals surface area contributed by atoms with Gasteiger partial charge in [-0.2, -0.15) is 0 Å². The summed E-state index contributed by atoms with van der Waals surface area (Å²) in [6, 6.07) is 0. The minimum atomic E-state index is -0.479. The number of hydrogen-bond acceptors (Lipinski definition) is 3. The molecule has 1 saturated heterocycles. The van der Waals surface area contributed by atoms with E-state index < -0.39 is 5.60 Å². The number of carbonyl (C=O) groups is 2. The van der Waals surface area contributed by atoms with Gasteiger partial charge in [-0.3, -0.25) is 4.79 Å². The molecule has 1 heterocycles. The predicted molar refractivity (Wildman–Crippen MR) is 83.1 cm³/mol. The molecule has 1 fully saturated rings. The molecule has 2 amide bonds. The first-order valence-corrected chi connectivity index (χ1v) is 7.84. The normalized spacial score (nSPS) is 16.9. The summed E-state index contributed by atoms with van der Waals surface area (Å²) in [5, 5.41) is 0. The molecule has 0 atom stereocenters. The van der Waals surface area contributed by atoms with Gasteiger partial charge in [0.05, 0.1) is 0 Å². The van der Waals surface area contributed by atoms with Crippen LogP contribution in [0.1, 0.15) is 54.4 Å². The van der Waals surface area contributed by atoms with Gasteiger partial charge in [-0.25, -0.2) is 4.79 Å². The Morgan fingerprint density at radius 1 is 0.952 bits per heavy atom. The van der Waals surface area contributed by atoms with E-state index in [1.54, 1.807) is 4.90 Å². The van der Waals surface area contributed by atoms with Crippen LogP contribution >= 0.6 is 0 Å². The van der Waals surface area contributed by atoms with Gasteiger partial charge < -0.3 is 14.5 Å². The van der Waals surface area contributed by atoms with Crippen molar-refractivity contribution in [3.05, 3.63) is 0 Å². The number of hydrogen-bond donors (Lipinski definition) is 0. The van der Waals surface area contributed by atoms with E-state index in [2.05, 4.69) is 6.92 Å². The van der Waals surface area contributed by atoms with Crippen LogP contribution in [0.5, 0.6) is 0 Å². The van der Waals surface area contributed by atoms with Crippen LogP contribution in [0.25, 0.3) is 0 Å². The molecule has 5 nitrogen and oxygen atoms in total. The molecular weight excluding hydrogens is 268 g/mol. The standard InChI is InChI=1S/C16H30N2O3/c1-7-8-16(5,6)13(19)17-9-11-18(12-10-17)14(20)21-15(2,3)4/h7-12H2,1-6H3. The fourth-order valence-corrected chi connectivity index (χ4v) is 2.58. The number of nitrogens with zero attached hydrogens (tertiary/aromatic N) is 2. The summed E-state index contributed by atoms with van der Waals surface area (Å²) in [7, 11) is 0. The maximum absolute atomic E-state index is 12.5. The molecule has 0 unspecified atom stereocenters. The lowest BCUT2D eigenvalue weighted by Crippen LogP contribution is -2.54. The lowest BCUT2D eigenvalue weighted by Gasteiger charge is -2.38. The first-order chi connectivity index (χ1) is 9.57. The topological polar surface area (TPSA) is 49.9 Å². The van der Waals surface area contributed by atoms with Crippen LogP contribution in [-0.4, -0.2) is 53.6 Å². The number of amides is 2. The first kappa shape index (κ1) is 17.8. The quantitative estimate of drug-likeness (QED) is 0.805. The van der Waals surface area contributed by atoms with Crippen molar-refractivity contribution >= 4 is 12.0 Å². The van der Waals surface area contributed by atoms with Crippen molar-refractivity contribution in [2.45, 2.75) is 60.0 Å². The van der Waals surface area contributed by atoms with Crippen LogP contribution in [0.4, 0.5) is 4.79 Å². The van der Waals surface area contributed by atoms with Gasteiger partial charge >= 0.3 is 6.09 Å². The van der Waals surface area contributed by atoms with E-state index >= 15 is 0 Å². The molecule has 1 rings (SSSR count). The lowest BCUT2D eigenvalue weighted by molar-refractivity contribution is -0.142. The SMILES string of the molecule is CCCC(C)(C)C(=O)N1CCN(C(=O)OC(C)(C)C)CC1. The average molecular weight is 298 g/mol. The molecule has 0 aliphatic carbocycles. The van der Waals surface area contributed by atoms with E-state index in [0.717, 1.165) is 12.8 Å². The Morgan fingerprint density at radius 3 is 1.86 bits per heavy atom. The number of rotatable bonds is 3. The molecule has 0 spiro atoms. The Hall–Kier alpha value is -1.26. The van der Waals surface area contributed by atoms with Crippen molar-refractivity contribution in [2.75, 3.05) is 26.2 Å². The zero-order chi connectivity index (χ0) is 16.3. The van der Waals surface area contributed by atoms with Crippen molar-refractivity contribution < 1.29 is 14.3 Å². The molecule has 1 aliphatic heterocycles. The van der Waals surface area contributed by atoms with E-state index in [1.165, 1.54) is 0 Å². The van der Waals surface area contributed by atoms with Gasteiger partial charge in [0.25, 0.3) is 0 Å². The first-order valence-electron chi connectivity index (χ1n) is 7.84. The summed E-state index contributed by atoms with van der Waals surface area (Å²) in [6.45, 7) is 13.9. The molecule has 1 aliphatic rings. The Kier molecular flexibility index (Phi) is 5.65. The minimum absolute atomic E-state index is 0.188. The average Bonchev–Trinajstić information content (AvgIpc) is 2.36. The molecule has 0 saturated carbocycles. The summed E-state index contributed by atoms with van der Waals surface area (Å²) in [6.07, 6.45) is 1.59. The summed E-state index contributed by atoms with van der Waals surface area (Å²) in [5.74, 6) is 0.188. The van der Waals surface area contributed by atoms with Crippen molar-refractivity contribution in [3.8, 4) is 0 Å². The van der Waals surface area contributed by atoms with Gasteiger partial charge in [0, 0.05) is 31.6 Å². The fourth-order valence-electron chi connectivity index (χ4n) is 2.58. The number of ether oxygens (including phenoxy) is 1. The highest BCUT2D eigenvalue weighted by Gasteiger charge is 2.34. The maximum Gasteiger partial charge on any atom is 0.410 e. The molecule has 21 heavy (non-hydrogen) atoms. The lowest BCUT2D eigenvalue weighted by atomic mass is 9.86. The molecule has 0 N–H and O–H groups in total. The van der Waals surface area contributed by atoms with Crippen LogP contribution in [0.3, 0.4) is 0 Å². The Bertz CT molecular complexity index is 377. The van der Waals surface area contributed by atoms with E-state index in [1.807, 2.05) is 39.5 Å². The molecule has 5 heteroatoms. The van der Waals surface area contributed by atoms with Gasteiger partial charge in [0.1, 0.15) is 5.60 Å². The molecule has 0 aromatic heterocycles. The van der Waals surface area contributed by atoms with Crippen LogP contribution in [0.2, 0.25) is 0 Å². The highest BCUT2D eigenvalue weighted by Crippen LogP contribution is 2.26. The van der Waals surface area contributed by atoms with Crippen molar-refractivity contribution in [1.29, 1.82) is 0 Å². The second-order valence-corrected chi connectivity index (χ2v) is 7.39. The summed E-state index contributed by atoms with van der Waals surface area (Å²) in [4.78, 5) is 28.1. The second-order valence-electron chi connectivity index (χ2n) is 7.39. The molecule has 122 valence electrons. The summed E-state index contributed by atoms with van der Waals surface area (Å²) in [5.41, 5.74) is -0.796. The zero-order valence-electron chi connectivity index (χ0n) is 14.4. The summed E-state index contributed by atoms with van der Waals surface area (Å²) < 4.78 is 5.36. The molecule has 0 aromatic carbocycles. The van der Waals surface area contributed by atoms with Crippen molar-refractivity contribution in [1.82, 2.24) is 9.80 Å². The maximum atomic E-state index is 12.5. The summed E-state index contributed by atoms with van der Waals surface area (Å²) >= 11 is 0. The third-order valence-electron chi connectivity index (χ3n) is 3.67. The smallest absolute Gasteiger partial charge is 0.410 e. The van der Waals surface area contributed by atoms with Gasteiger partial charge in [-0.15, -0.1) is 0 Å². The predicted octanol–water partition coefficient (Wildman–Crippen LogP) is 2.89. The Labute approximate surface area is 128 Å². The molecule has 0 bridgehead atoms. The Morgan fingerprint density at radius 2 is 1.43 bits per heavy atom. The number of piperazine rings is 1. The molecule has 0 radical (unpaired) electrons. The van der Waals surface area contributed by atoms with E-state index in [0.29, 0.717) is 26.2 Å². The number of carbonyl (C=O) groups excluding carboxylic acids is 2. The van der Waals surface area contributed by atoms with Crippen LogP contribution in [0, 0.1) is 5.41 Å². The van der Waals surface area contributed by atoms with Crippen LogP contribution < -0.4 is 0 Å². The molecular formula is C16H30N2O3.